The lowest BCUT2D eigenvalue weighted by Gasteiger charge is -2.31. The summed E-state index contributed by atoms with van der Waals surface area (Å²) in [5, 5.41) is 14.7. The van der Waals surface area contributed by atoms with Crippen molar-refractivity contribution in [1.82, 2.24) is 20.0 Å². The highest BCUT2D eigenvalue weighted by Crippen LogP contribution is 2.23. The molecule has 0 aliphatic carbocycles. The van der Waals surface area contributed by atoms with Gasteiger partial charge in [-0.2, -0.15) is 10.2 Å². The van der Waals surface area contributed by atoms with Crippen LogP contribution in [-0.4, -0.2) is 63.2 Å². The van der Waals surface area contributed by atoms with Crippen molar-refractivity contribution >= 4 is 46.5 Å². The summed E-state index contributed by atoms with van der Waals surface area (Å²) in [4.78, 5) is 28.6. The Bertz CT molecular complexity index is 1490. The molecule has 10 heteroatoms. The summed E-state index contributed by atoms with van der Waals surface area (Å²) >= 11 is 0. The van der Waals surface area contributed by atoms with Gasteiger partial charge in [-0.05, 0) is 103 Å². The van der Waals surface area contributed by atoms with Gasteiger partial charge in [0.1, 0.15) is 12.1 Å². The van der Waals surface area contributed by atoms with Crippen molar-refractivity contribution in [2.24, 2.45) is 10.2 Å². The monoisotopic (exact) mass is 658 g/mol. The van der Waals surface area contributed by atoms with Crippen molar-refractivity contribution in [3.05, 3.63) is 67.4 Å². The van der Waals surface area contributed by atoms with Gasteiger partial charge in [-0.15, -0.1) is 12.3 Å². The molecule has 10 nitrogen and oxygen atoms in total. The Morgan fingerprint density at radius 2 is 1.65 bits per heavy atom. The fourth-order valence-electron chi connectivity index (χ4n) is 3.12. The number of imidazole rings is 1. The van der Waals surface area contributed by atoms with Crippen LogP contribution in [0.1, 0.15) is 82.1 Å². The number of aromatic nitrogens is 2. The van der Waals surface area contributed by atoms with Crippen molar-refractivity contribution in [3.8, 4) is 23.7 Å². The molecule has 2 aromatic carbocycles. The number of nitrogens with two attached hydrogens (primary N) is 1. The van der Waals surface area contributed by atoms with Crippen LogP contribution in [0.15, 0.2) is 77.6 Å². The summed E-state index contributed by atoms with van der Waals surface area (Å²) in [6, 6.07) is 13.0. The Balaban J connectivity index is 0. The molecule has 0 bridgehead atoms. The molecule has 0 fully saturated rings. The molecule has 1 amide bonds. The molecule has 0 unspecified atom stereocenters. The van der Waals surface area contributed by atoms with Gasteiger partial charge in [0.15, 0.2) is 0 Å². The molecule has 0 saturated heterocycles. The molecule has 262 valence electrons. The highest BCUT2D eigenvalue weighted by Gasteiger charge is 2.18. The van der Waals surface area contributed by atoms with E-state index < -0.39 is 0 Å². The largest absolute Gasteiger partial charge is 0.399 e. The zero-order valence-corrected chi connectivity index (χ0v) is 31.0. The first kappa shape index (κ1) is 45.0. The Kier molecular flexibility index (Phi) is 23.4. The summed E-state index contributed by atoms with van der Waals surface area (Å²) < 4.78 is 0. The van der Waals surface area contributed by atoms with Crippen LogP contribution >= 0.6 is 0 Å². The molecule has 3 aromatic rings. The van der Waals surface area contributed by atoms with Crippen molar-refractivity contribution in [3.63, 3.8) is 0 Å². The highest BCUT2D eigenvalue weighted by molar-refractivity contribution is 5.92. The van der Waals surface area contributed by atoms with E-state index in [0.717, 1.165) is 63.6 Å². The average Bonchev–Trinajstić information content (AvgIpc) is 3.45. The van der Waals surface area contributed by atoms with Crippen LogP contribution in [0.3, 0.4) is 0 Å². The van der Waals surface area contributed by atoms with E-state index in [9.17, 15) is 9.59 Å². The number of nitrogens with one attached hydrogen (secondary N) is 2. The minimum Gasteiger partial charge on any atom is -0.399 e. The van der Waals surface area contributed by atoms with Crippen LogP contribution in [0.25, 0.3) is 22.4 Å². The minimum atomic E-state index is -0.0860. The third kappa shape index (κ3) is 19.4. The number of amides is 1. The molecule has 4 N–H and O–H groups in total. The van der Waals surface area contributed by atoms with E-state index in [4.69, 9.17) is 5.73 Å². The summed E-state index contributed by atoms with van der Waals surface area (Å²) in [6.45, 7) is 27.5. The van der Waals surface area contributed by atoms with Gasteiger partial charge < -0.3 is 20.8 Å². The van der Waals surface area contributed by atoms with E-state index in [2.05, 4.69) is 71.8 Å². The number of aldehydes is 1. The standard InChI is InChI=1S/C14H12N4O.C10H20N2O.C8H14N2.C3H8.C3H4/c15-10-3-1-9(2-4-10)14-17-12-6-5-11(16-8-19)7-13(12)18-14;1-6-9(2)11-12(7-8-13)10(3,4)5;1-6-8(4)9-10(5)7(2)3;2*1-3-2/h1-8H,15H2,(H,16,19)(H,17,18);8H,6-7H2,1-5H3;6H,1-2H2,3-5H3;3H2,1-2H3;1H,2H3/b;11-9+;9-8-;;. The van der Waals surface area contributed by atoms with Gasteiger partial charge in [0.2, 0.25) is 6.41 Å². The number of benzene rings is 2. The Labute approximate surface area is 289 Å². The molecular weight excluding hydrogens is 600 g/mol. The Hall–Kier alpha value is -5.17. The van der Waals surface area contributed by atoms with Crippen LogP contribution in [0.5, 0.6) is 0 Å². The maximum atomic E-state index is 10.4. The van der Waals surface area contributed by atoms with Gasteiger partial charge >= 0.3 is 0 Å². The molecule has 0 spiro atoms. The Morgan fingerprint density at radius 1 is 1.08 bits per heavy atom. The predicted octanol–water partition coefficient (Wildman–Crippen LogP) is 8.52. The van der Waals surface area contributed by atoms with Crippen LogP contribution in [0, 0.1) is 12.3 Å². The number of rotatable bonds is 10. The quantitative estimate of drug-likeness (QED) is 0.0658. The van der Waals surface area contributed by atoms with E-state index in [1.165, 1.54) is 6.42 Å². The number of anilines is 2. The molecule has 1 aromatic heterocycles. The molecule has 0 saturated carbocycles. The number of hydrogen-bond acceptors (Lipinski definition) is 8. The number of H-pyrrole nitrogens is 1. The minimum absolute atomic E-state index is 0.0860. The summed E-state index contributed by atoms with van der Waals surface area (Å²) in [5.41, 5.74) is 12.6. The maximum Gasteiger partial charge on any atom is 0.211 e. The molecular formula is C38H58N8O2. The SMILES string of the molecule is C#CC.C=C/C(C)=N\N(C)C(=C)C.CC/C(C)=N/N(CC=O)C(C)(C)C.CCC.Nc1ccc(-c2nc3ccc(NC=O)cc3[nH]2)cc1. The number of nitrogen functional groups attached to an aromatic ring is 1. The van der Waals surface area contributed by atoms with Crippen molar-refractivity contribution in [1.29, 1.82) is 0 Å². The number of fused-ring (bicyclic) bond motifs is 1. The lowest BCUT2D eigenvalue weighted by atomic mass is 10.1. The molecule has 0 radical (unpaired) electrons. The van der Waals surface area contributed by atoms with Gasteiger partial charge in [0.05, 0.1) is 23.3 Å². The Morgan fingerprint density at radius 3 is 2.08 bits per heavy atom. The average molecular weight is 659 g/mol. The number of aromatic amines is 1. The van der Waals surface area contributed by atoms with Crippen molar-refractivity contribution in [2.75, 3.05) is 24.6 Å². The molecule has 48 heavy (non-hydrogen) atoms. The van der Waals surface area contributed by atoms with E-state index in [0.29, 0.717) is 13.0 Å². The second kappa shape index (κ2) is 25.0. The number of nitrogens with zero attached hydrogens (tertiary/aromatic N) is 5. The zero-order chi connectivity index (χ0) is 37.3. The number of terminal acetylenes is 1. The van der Waals surface area contributed by atoms with Crippen LogP contribution in [-0.2, 0) is 9.59 Å². The topological polar surface area (TPSA) is 132 Å². The van der Waals surface area contributed by atoms with Gasteiger partial charge in [0.25, 0.3) is 0 Å². The van der Waals surface area contributed by atoms with Crippen molar-refractivity contribution < 1.29 is 9.59 Å². The van der Waals surface area contributed by atoms with Crippen LogP contribution < -0.4 is 11.1 Å². The van der Waals surface area contributed by atoms with E-state index in [1.54, 1.807) is 18.0 Å². The first-order chi connectivity index (χ1) is 22.6. The van der Waals surface area contributed by atoms with Crippen molar-refractivity contribution in [2.45, 2.75) is 87.6 Å². The number of carbonyl (C=O) groups is 2. The number of allylic oxidation sites excluding steroid dienone is 2. The van der Waals surface area contributed by atoms with Crippen LogP contribution in [0.2, 0.25) is 0 Å². The van der Waals surface area contributed by atoms with Gasteiger partial charge in [-0.3, -0.25) is 14.8 Å². The lowest BCUT2D eigenvalue weighted by molar-refractivity contribution is -0.110. The summed E-state index contributed by atoms with van der Waals surface area (Å²) in [7, 11) is 1.86. The van der Waals surface area contributed by atoms with Gasteiger partial charge in [-0.1, -0.05) is 40.3 Å². The molecule has 0 aliphatic rings. The number of hydrazone groups is 2. The maximum absolute atomic E-state index is 10.4. The van der Waals surface area contributed by atoms with E-state index in [-0.39, 0.29) is 5.54 Å². The molecule has 0 aliphatic heterocycles. The molecule has 0 atom stereocenters. The van der Waals surface area contributed by atoms with Crippen LogP contribution in [0.4, 0.5) is 11.4 Å². The fraction of sp³-hybridized carbons (Fsp3) is 0.395. The zero-order valence-electron chi connectivity index (χ0n) is 31.0. The second-order valence-corrected chi connectivity index (χ2v) is 11.5. The molecule has 3 rings (SSSR count). The summed E-state index contributed by atoms with van der Waals surface area (Å²) in [6.07, 6.45) is 10.0. The highest BCUT2D eigenvalue weighted by atomic mass is 16.1. The third-order valence-electron chi connectivity index (χ3n) is 5.87. The lowest BCUT2D eigenvalue weighted by Crippen LogP contribution is -2.39. The fourth-order valence-corrected chi connectivity index (χ4v) is 3.12. The van der Waals surface area contributed by atoms with E-state index >= 15 is 0 Å². The van der Waals surface area contributed by atoms with Gasteiger partial charge in [-0.25, -0.2) is 4.98 Å². The normalized spacial score (nSPS) is 10.5. The van der Waals surface area contributed by atoms with E-state index in [1.807, 2.05) is 96.1 Å². The summed E-state index contributed by atoms with van der Waals surface area (Å²) in [5.74, 6) is 3.03. The van der Waals surface area contributed by atoms with Gasteiger partial charge in [0, 0.05) is 40.9 Å². The first-order valence-corrected chi connectivity index (χ1v) is 15.8. The smallest absolute Gasteiger partial charge is 0.211 e. The number of hydrogen-bond donors (Lipinski definition) is 3. The second-order valence-electron chi connectivity index (χ2n) is 11.5. The molecule has 1 heterocycles. The first-order valence-electron chi connectivity index (χ1n) is 15.8. The number of carbonyl (C=O) groups excluding carboxylic acids is 2. The third-order valence-corrected chi connectivity index (χ3v) is 5.87. The predicted molar refractivity (Wildman–Crippen MR) is 208 cm³/mol.